The summed E-state index contributed by atoms with van der Waals surface area (Å²) in [4.78, 5) is 25.0. The predicted molar refractivity (Wildman–Crippen MR) is 68.7 cm³/mol. The Labute approximate surface area is 116 Å². The molecule has 1 aliphatic heterocycles. The number of phenolic OH excluding ortho intramolecular Hbond substituents is 1. The first kappa shape index (κ1) is 14.3. The van der Waals surface area contributed by atoms with Gasteiger partial charge in [-0.3, -0.25) is 9.59 Å². The van der Waals surface area contributed by atoms with Gasteiger partial charge in [-0.05, 0) is 25.0 Å². The fourth-order valence-corrected chi connectivity index (χ4v) is 2.37. The summed E-state index contributed by atoms with van der Waals surface area (Å²) in [5, 5.41) is 9.61. The first-order valence-corrected chi connectivity index (χ1v) is 6.39. The highest BCUT2D eigenvalue weighted by molar-refractivity contribution is 5.97. The zero-order valence-corrected chi connectivity index (χ0v) is 11.1. The molecule has 108 valence electrons. The molecule has 0 bridgehead atoms. The third-order valence-corrected chi connectivity index (χ3v) is 3.52. The van der Waals surface area contributed by atoms with Crippen molar-refractivity contribution in [3.63, 3.8) is 0 Å². The minimum atomic E-state index is -0.745. The first-order chi connectivity index (χ1) is 9.54. The van der Waals surface area contributed by atoms with Crippen LogP contribution in [-0.2, 0) is 9.53 Å². The van der Waals surface area contributed by atoms with Gasteiger partial charge in [0.25, 0.3) is 5.91 Å². The van der Waals surface area contributed by atoms with Crippen LogP contribution in [0.5, 0.6) is 5.75 Å². The summed E-state index contributed by atoms with van der Waals surface area (Å²) in [5.74, 6) is -2.18. The zero-order chi connectivity index (χ0) is 14.7. The molecular formula is C14H16FNO4. The molecule has 6 heteroatoms. The summed E-state index contributed by atoms with van der Waals surface area (Å²) >= 11 is 0. The van der Waals surface area contributed by atoms with E-state index in [2.05, 4.69) is 4.74 Å². The van der Waals surface area contributed by atoms with Crippen molar-refractivity contribution in [1.29, 1.82) is 0 Å². The molecule has 1 amide bonds. The smallest absolute Gasteiger partial charge is 0.308 e. The van der Waals surface area contributed by atoms with E-state index < -0.39 is 11.7 Å². The number of likely N-dealkylation sites (tertiary alicyclic amines) is 1. The van der Waals surface area contributed by atoms with Gasteiger partial charge in [-0.15, -0.1) is 0 Å². The molecule has 1 saturated heterocycles. The van der Waals surface area contributed by atoms with Crippen molar-refractivity contribution in [3.05, 3.63) is 29.6 Å². The van der Waals surface area contributed by atoms with Gasteiger partial charge in [0.05, 0.1) is 13.0 Å². The lowest BCUT2D eigenvalue weighted by molar-refractivity contribution is -0.146. The lowest BCUT2D eigenvalue weighted by atomic mass is 9.96. The van der Waals surface area contributed by atoms with Crippen molar-refractivity contribution in [2.45, 2.75) is 12.8 Å². The van der Waals surface area contributed by atoms with Crippen LogP contribution in [0.4, 0.5) is 4.39 Å². The van der Waals surface area contributed by atoms with Crippen LogP contribution in [0, 0.1) is 11.7 Å². The third-order valence-electron chi connectivity index (χ3n) is 3.52. The monoisotopic (exact) mass is 281 g/mol. The largest absolute Gasteiger partial charge is 0.507 e. The number of rotatable bonds is 2. The summed E-state index contributed by atoms with van der Waals surface area (Å²) in [6, 6.07) is 3.75. The molecule has 2 rings (SSSR count). The van der Waals surface area contributed by atoms with Gasteiger partial charge >= 0.3 is 5.97 Å². The number of amides is 1. The molecule has 0 atom stereocenters. The van der Waals surface area contributed by atoms with Gasteiger partial charge in [-0.25, -0.2) is 4.39 Å². The Kier molecular flexibility index (Phi) is 4.22. The predicted octanol–water partition coefficient (Wildman–Crippen LogP) is 1.56. The number of carbonyl (C=O) groups is 2. The SMILES string of the molecule is COC(=O)C1CCN(C(=O)c2c(O)cccc2F)CC1. The second-order valence-corrected chi connectivity index (χ2v) is 4.72. The van der Waals surface area contributed by atoms with Crippen LogP contribution in [0.3, 0.4) is 0 Å². The Morgan fingerprint density at radius 2 is 2.00 bits per heavy atom. The summed E-state index contributed by atoms with van der Waals surface area (Å²) < 4.78 is 18.3. The minimum absolute atomic E-state index is 0.224. The number of ether oxygens (including phenoxy) is 1. The zero-order valence-electron chi connectivity index (χ0n) is 11.1. The Morgan fingerprint density at radius 3 is 2.55 bits per heavy atom. The fourth-order valence-electron chi connectivity index (χ4n) is 2.37. The Balaban J connectivity index is 2.07. The van der Waals surface area contributed by atoms with Crippen LogP contribution < -0.4 is 0 Å². The average Bonchev–Trinajstić information content (AvgIpc) is 2.46. The van der Waals surface area contributed by atoms with Crippen LogP contribution in [0.25, 0.3) is 0 Å². The Bertz CT molecular complexity index is 504. The average molecular weight is 281 g/mol. The van der Waals surface area contributed by atoms with Crippen molar-refractivity contribution in [3.8, 4) is 5.75 Å². The maximum Gasteiger partial charge on any atom is 0.308 e. The molecule has 1 N–H and O–H groups in total. The van der Waals surface area contributed by atoms with Crippen LogP contribution in [0.2, 0.25) is 0 Å². The highest BCUT2D eigenvalue weighted by Crippen LogP contribution is 2.25. The van der Waals surface area contributed by atoms with E-state index in [1.165, 1.54) is 24.1 Å². The number of nitrogens with zero attached hydrogens (tertiary/aromatic N) is 1. The molecule has 5 nitrogen and oxygen atoms in total. The standard InChI is InChI=1S/C14H16FNO4/c1-20-14(19)9-5-7-16(8-6-9)13(18)12-10(15)3-2-4-11(12)17/h2-4,9,17H,5-8H2,1H3. The molecule has 1 aromatic rings. The van der Waals surface area contributed by atoms with Crippen LogP contribution in [-0.4, -0.2) is 42.1 Å². The number of phenols is 1. The molecule has 1 heterocycles. The normalized spacial score (nSPS) is 16.0. The topological polar surface area (TPSA) is 66.8 Å². The summed E-state index contributed by atoms with van der Waals surface area (Å²) in [5.41, 5.74) is -0.316. The van der Waals surface area contributed by atoms with Crippen LogP contribution in [0.15, 0.2) is 18.2 Å². The Morgan fingerprint density at radius 1 is 1.35 bits per heavy atom. The summed E-state index contributed by atoms with van der Waals surface area (Å²) in [7, 11) is 1.33. The van der Waals surface area contributed by atoms with Crippen molar-refractivity contribution < 1.29 is 23.8 Å². The maximum absolute atomic E-state index is 13.6. The van der Waals surface area contributed by atoms with E-state index in [1.807, 2.05) is 0 Å². The van der Waals surface area contributed by atoms with Gasteiger partial charge in [0.1, 0.15) is 17.1 Å². The number of aromatic hydroxyl groups is 1. The molecule has 0 unspecified atom stereocenters. The second-order valence-electron chi connectivity index (χ2n) is 4.72. The Hall–Kier alpha value is -2.11. The highest BCUT2D eigenvalue weighted by Gasteiger charge is 2.30. The quantitative estimate of drug-likeness (QED) is 0.835. The minimum Gasteiger partial charge on any atom is -0.507 e. The van der Waals surface area contributed by atoms with E-state index in [0.29, 0.717) is 25.9 Å². The van der Waals surface area contributed by atoms with Crippen molar-refractivity contribution >= 4 is 11.9 Å². The van der Waals surface area contributed by atoms with E-state index in [-0.39, 0.29) is 23.2 Å². The van der Waals surface area contributed by atoms with E-state index in [1.54, 1.807) is 0 Å². The maximum atomic E-state index is 13.6. The second kappa shape index (κ2) is 5.90. The van der Waals surface area contributed by atoms with E-state index >= 15 is 0 Å². The van der Waals surface area contributed by atoms with Crippen molar-refractivity contribution in [2.75, 3.05) is 20.2 Å². The van der Waals surface area contributed by atoms with Gasteiger partial charge in [0.2, 0.25) is 0 Å². The van der Waals surface area contributed by atoms with Crippen molar-refractivity contribution in [2.24, 2.45) is 5.92 Å². The van der Waals surface area contributed by atoms with Gasteiger partial charge in [0, 0.05) is 13.1 Å². The number of halogens is 1. The molecule has 0 aliphatic carbocycles. The highest BCUT2D eigenvalue weighted by atomic mass is 19.1. The van der Waals surface area contributed by atoms with E-state index in [4.69, 9.17) is 0 Å². The molecule has 0 spiro atoms. The van der Waals surface area contributed by atoms with Crippen LogP contribution in [0.1, 0.15) is 23.2 Å². The molecule has 0 saturated carbocycles. The number of esters is 1. The van der Waals surface area contributed by atoms with Gasteiger partial charge < -0.3 is 14.7 Å². The molecule has 1 fully saturated rings. The number of piperidine rings is 1. The summed E-state index contributed by atoms with van der Waals surface area (Å²) in [6.45, 7) is 0.679. The summed E-state index contributed by atoms with van der Waals surface area (Å²) in [6.07, 6.45) is 0.960. The third kappa shape index (κ3) is 2.74. The number of hydrogen-bond donors (Lipinski definition) is 1. The van der Waals surface area contributed by atoms with Gasteiger partial charge in [-0.1, -0.05) is 6.07 Å². The molecule has 1 aromatic carbocycles. The van der Waals surface area contributed by atoms with Crippen molar-refractivity contribution in [1.82, 2.24) is 4.90 Å². The van der Waals surface area contributed by atoms with Gasteiger partial charge in [-0.2, -0.15) is 0 Å². The number of methoxy groups -OCH3 is 1. The number of carbonyl (C=O) groups excluding carboxylic acids is 2. The molecule has 0 aromatic heterocycles. The first-order valence-electron chi connectivity index (χ1n) is 6.39. The number of hydrogen-bond acceptors (Lipinski definition) is 4. The lowest BCUT2D eigenvalue weighted by Gasteiger charge is -2.30. The van der Waals surface area contributed by atoms with E-state index in [0.717, 1.165) is 6.07 Å². The molecule has 20 heavy (non-hydrogen) atoms. The fraction of sp³-hybridized carbons (Fsp3) is 0.429. The van der Waals surface area contributed by atoms with Crippen LogP contribution >= 0.6 is 0 Å². The molecular weight excluding hydrogens is 265 g/mol. The van der Waals surface area contributed by atoms with E-state index in [9.17, 15) is 19.1 Å². The van der Waals surface area contributed by atoms with Gasteiger partial charge in [0.15, 0.2) is 0 Å². The lowest BCUT2D eigenvalue weighted by Crippen LogP contribution is -2.40. The number of benzene rings is 1. The molecule has 1 aliphatic rings. The molecule has 0 radical (unpaired) electrons.